The molecule has 1 amide bonds. The monoisotopic (exact) mass is 279 g/mol. The first-order chi connectivity index (χ1) is 10.1. The number of aromatic nitrogens is 2. The van der Waals surface area contributed by atoms with E-state index in [1.807, 2.05) is 48.9 Å². The average molecular weight is 279 g/mol. The average Bonchev–Trinajstić information content (AvgIpc) is 2.82. The second-order valence-electron chi connectivity index (χ2n) is 5.15. The third kappa shape index (κ3) is 2.65. The van der Waals surface area contributed by atoms with Crippen molar-refractivity contribution in [3.05, 3.63) is 65.6 Å². The minimum Gasteiger partial charge on any atom is -0.345 e. The van der Waals surface area contributed by atoms with Crippen LogP contribution in [-0.2, 0) is 13.6 Å². The van der Waals surface area contributed by atoms with E-state index in [9.17, 15) is 4.79 Å². The minimum absolute atomic E-state index is 0.0861. The molecule has 21 heavy (non-hydrogen) atoms. The Labute approximate surface area is 123 Å². The molecule has 0 aliphatic rings. The molecule has 0 radical (unpaired) electrons. The molecule has 106 valence electrons. The lowest BCUT2D eigenvalue weighted by Gasteiger charge is -2.06. The Bertz CT molecular complexity index is 790. The quantitative estimate of drug-likeness (QED) is 0.801. The molecular formula is C17H17N3O. The summed E-state index contributed by atoms with van der Waals surface area (Å²) in [5.41, 5.74) is 3.75. The molecule has 0 saturated carbocycles. The van der Waals surface area contributed by atoms with Crippen molar-refractivity contribution >= 4 is 16.8 Å². The first-order valence-corrected chi connectivity index (χ1v) is 6.89. The van der Waals surface area contributed by atoms with Crippen LogP contribution in [0.25, 0.3) is 10.9 Å². The van der Waals surface area contributed by atoms with Gasteiger partial charge in [0.2, 0.25) is 0 Å². The fourth-order valence-electron chi connectivity index (χ4n) is 2.45. The van der Waals surface area contributed by atoms with E-state index in [1.165, 1.54) is 5.56 Å². The molecule has 0 bridgehead atoms. The summed E-state index contributed by atoms with van der Waals surface area (Å²) < 4.78 is 1.92. The number of carbonyl (C=O) groups excluding carboxylic acids is 1. The molecule has 1 aromatic carbocycles. The molecule has 0 unspecified atom stereocenters. The molecule has 0 atom stereocenters. The topological polar surface area (TPSA) is 46.9 Å². The highest BCUT2D eigenvalue weighted by Crippen LogP contribution is 2.20. The van der Waals surface area contributed by atoms with Gasteiger partial charge < -0.3 is 9.88 Å². The lowest BCUT2D eigenvalue weighted by Crippen LogP contribution is -2.25. The highest BCUT2D eigenvalue weighted by Gasteiger charge is 2.13. The number of benzene rings is 1. The second kappa shape index (κ2) is 5.40. The maximum atomic E-state index is 12.3. The van der Waals surface area contributed by atoms with Gasteiger partial charge in [-0.05, 0) is 37.3 Å². The fraction of sp³-hybridized carbons (Fsp3) is 0.176. The van der Waals surface area contributed by atoms with Crippen LogP contribution >= 0.6 is 0 Å². The number of hydrogen-bond acceptors (Lipinski definition) is 2. The first kappa shape index (κ1) is 13.4. The SMILES string of the molecule is Cc1ccc2c(c1)cc(C(=O)NCc1ccccn1)n2C. The molecule has 3 rings (SSSR count). The molecular weight excluding hydrogens is 262 g/mol. The molecule has 3 aromatic rings. The number of carbonyl (C=O) groups is 1. The van der Waals surface area contributed by atoms with Gasteiger partial charge in [-0.25, -0.2) is 0 Å². The summed E-state index contributed by atoms with van der Waals surface area (Å²) in [5, 5.41) is 3.99. The highest BCUT2D eigenvalue weighted by molar-refractivity contribution is 5.98. The summed E-state index contributed by atoms with van der Waals surface area (Å²) in [7, 11) is 1.91. The van der Waals surface area contributed by atoms with Crippen molar-refractivity contribution in [2.24, 2.45) is 7.05 Å². The van der Waals surface area contributed by atoms with Crippen molar-refractivity contribution < 1.29 is 4.79 Å². The highest BCUT2D eigenvalue weighted by atomic mass is 16.1. The zero-order valence-electron chi connectivity index (χ0n) is 12.1. The maximum absolute atomic E-state index is 12.3. The van der Waals surface area contributed by atoms with E-state index in [1.54, 1.807) is 6.20 Å². The Morgan fingerprint density at radius 3 is 2.86 bits per heavy atom. The Kier molecular flexibility index (Phi) is 3.44. The van der Waals surface area contributed by atoms with Crippen molar-refractivity contribution in [2.45, 2.75) is 13.5 Å². The van der Waals surface area contributed by atoms with E-state index in [2.05, 4.69) is 22.4 Å². The summed E-state index contributed by atoms with van der Waals surface area (Å²) in [4.78, 5) is 16.5. The van der Waals surface area contributed by atoms with Crippen LogP contribution in [0.4, 0.5) is 0 Å². The molecule has 2 heterocycles. The van der Waals surface area contributed by atoms with E-state index < -0.39 is 0 Å². The summed E-state index contributed by atoms with van der Waals surface area (Å²) in [5.74, 6) is -0.0861. The van der Waals surface area contributed by atoms with Crippen LogP contribution < -0.4 is 5.32 Å². The van der Waals surface area contributed by atoms with E-state index in [4.69, 9.17) is 0 Å². The zero-order valence-corrected chi connectivity index (χ0v) is 12.1. The van der Waals surface area contributed by atoms with Crippen molar-refractivity contribution in [3.8, 4) is 0 Å². The third-order valence-electron chi connectivity index (χ3n) is 3.59. The maximum Gasteiger partial charge on any atom is 0.268 e. The largest absolute Gasteiger partial charge is 0.345 e. The van der Waals surface area contributed by atoms with Crippen molar-refractivity contribution in [1.82, 2.24) is 14.9 Å². The Morgan fingerprint density at radius 2 is 2.10 bits per heavy atom. The van der Waals surface area contributed by atoms with Crippen molar-refractivity contribution in [2.75, 3.05) is 0 Å². The van der Waals surface area contributed by atoms with Gasteiger partial charge in [0, 0.05) is 24.1 Å². The van der Waals surface area contributed by atoms with E-state index in [0.29, 0.717) is 12.2 Å². The zero-order chi connectivity index (χ0) is 14.8. The number of rotatable bonds is 3. The van der Waals surface area contributed by atoms with Crippen LogP contribution in [0, 0.1) is 6.92 Å². The number of nitrogens with zero attached hydrogens (tertiary/aromatic N) is 2. The minimum atomic E-state index is -0.0861. The van der Waals surface area contributed by atoms with Crippen LogP contribution in [0.15, 0.2) is 48.7 Å². The van der Waals surface area contributed by atoms with Gasteiger partial charge in [-0.15, -0.1) is 0 Å². The molecule has 0 spiro atoms. The molecule has 0 aliphatic heterocycles. The van der Waals surface area contributed by atoms with E-state index in [0.717, 1.165) is 16.6 Å². The van der Waals surface area contributed by atoms with Gasteiger partial charge in [0.15, 0.2) is 0 Å². The summed E-state index contributed by atoms with van der Waals surface area (Å²) in [6.07, 6.45) is 1.72. The van der Waals surface area contributed by atoms with Gasteiger partial charge in [-0.3, -0.25) is 9.78 Å². The lowest BCUT2D eigenvalue weighted by atomic mass is 10.2. The number of pyridine rings is 1. The van der Waals surface area contributed by atoms with Crippen LogP contribution in [0.5, 0.6) is 0 Å². The predicted molar refractivity (Wildman–Crippen MR) is 83.1 cm³/mol. The number of hydrogen-bond donors (Lipinski definition) is 1. The molecule has 0 saturated heterocycles. The number of nitrogens with one attached hydrogen (secondary N) is 1. The molecule has 0 fully saturated rings. The van der Waals surface area contributed by atoms with Crippen molar-refractivity contribution in [1.29, 1.82) is 0 Å². The van der Waals surface area contributed by atoms with E-state index >= 15 is 0 Å². The molecule has 4 heteroatoms. The van der Waals surface area contributed by atoms with Gasteiger partial charge in [0.05, 0.1) is 12.2 Å². The number of amides is 1. The van der Waals surface area contributed by atoms with Gasteiger partial charge >= 0.3 is 0 Å². The molecule has 1 N–H and O–H groups in total. The first-order valence-electron chi connectivity index (χ1n) is 6.89. The number of fused-ring (bicyclic) bond motifs is 1. The molecule has 4 nitrogen and oxygen atoms in total. The van der Waals surface area contributed by atoms with Crippen molar-refractivity contribution in [3.63, 3.8) is 0 Å². The number of aryl methyl sites for hydroxylation is 2. The predicted octanol–water partition coefficient (Wildman–Crippen LogP) is 2.81. The lowest BCUT2D eigenvalue weighted by molar-refractivity contribution is 0.0942. The van der Waals surface area contributed by atoms with Crippen LogP contribution in [0.3, 0.4) is 0 Å². The van der Waals surface area contributed by atoms with Gasteiger partial charge in [-0.1, -0.05) is 17.7 Å². The Morgan fingerprint density at radius 1 is 1.24 bits per heavy atom. The van der Waals surface area contributed by atoms with Crippen LogP contribution in [-0.4, -0.2) is 15.5 Å². The van der Waals surface area contributed by atoms with Crippen LogP contribution in [0.2, 0.25) is 0 Å². The molecule has 0 aliphatic carbocycles. The normalized spacial score (nSPS) is 10.8. The summed E-state index contributed by atoms with van der Waals surface area (Å²) in [6, 6.07) is 13.8. The summed E-state index contributed by atoms with van der Waals surface area (Å²) >= 11 is 0. The second-order valence-corrected chi connectivity index (χ2v) is 5.15. The Hall–Kier alpha value is -2.62. The third-order valence-corrected chi connectivity index (χ3v) is 3.59. The standard InChI is InChI=1S/C17H17N3O/c1-12-6-7-15-13(9-12)10-16(20(15)2)17(21)19-11-14-5-3-4-8-18-14/h3-10H,11H2,1-2H3,(H,19,21). The summed E-state index contributed by atoms with van der Waals surface area (Å²) in [6.45, 7) is 2.48. The molecule has 2 aromatic heterocycles. The van der Waals surface area contributed by atoms with Gasteiger partial charge in [0.25, 0.3) is 5.91 Å². The van der Waals surface area contributed by atoms with Gasteiger partial charge in [-0.2, -0.15) is 0 Å². The van der Waals surface area contributed by atoms with Gasteiger partial charge in [0.1, 0.15) is 5.69 Å². The smallest absolute Gasteiger partial charge is 0.268 e. The fourth-order valence-corrected chi connectivity index (χ4v) is 2.45. The Balaban J connectivity index is 1.83. The van der Waals surface area contributed by atoms with E-state index in [-0.39, 0.29) is 5.91 Å². The van der Waals surface area contributed by atoms with Crippen LogP contribution in [0.1, 0.15) is 21.7 Å².